The van der Waals surface area contributed by atoms with E-state index in [0.717, 1.165) is 58.5 Å². The highest BCUT2D eigenvalue weighted by atomic mass is 35.5. The second-order valence-electron chi connectivity index (χ2n) is 7.54. The van der Waals surface area contributed by atoms with Crippen LogP contribution in [0.4, 0.5) is 0 Å². The van der Waals surface area contributed by atoms with E-state index in [2.05, 4.69) is 11.1 Å². The van der Waals surface area contributed by atoms with Crippen molar-refractivity contribution in [3.05, 3.63) is 77.1 Å². The molecule has 1 aliphatic rings. The smallest absolute Gasteiger partial charge is 0.181 e. The van der Waals surface area contributed by atoms with Crippen molar-refractivity contribution in [1.29, 1.82) is 0 Å². The van der Waals surface area contributed by atoms with Crippen LogP contribution in [0.1, 0.15) is 35.8 Å². The summed E-state index contributed by atoms with van der Waals surface area (Å²) in [5.41, 5.74) is 3.92. The second-order valence-corrected chi connectivity index (χ2v) is 7.95. The fourth-order valence-electron chi connectivity index (χ4n) is 4.11. The van der Waals surface area contributed by atoms with Crippen molar-refractivity contribution in [3.8, 4) is 22.8 Å². The van der Waals surface area contributed by atoms with Crippen molar-refractivity contribution in [1.82, 2.24) is 24.3 Å². The molecule has 4 aromatic rings. The maximum Gasteiger partial charge on any atom is 0.181 e. The number of imidazole rings is 1. The molecule has 30 heavy (non-hydrogen) atoms. The lowest BCUT2D eigenvalue weighted by molar-refractivity contribution is 0.413. The molecule has 0 radical (unpaired) electrons. The van der Waals surface area contributed by atoms with Gasteiger partial charge in [0, 0.05) is 29.2 Å². The van der Waals surface area contributed by atoms with Crippen LogP contribution in [-0.4, -0.2) is 31.4 Å². The van der Waals surface area contributed by atoms with E-state index < -0.39 is 0 Å². The van der Waals surface area contributed by atoms with Crippen molar-refractivity contribution < 1.29 is 4.74 Å². The minimum Gasteiger partial charge on any atom is -0.495 e. The zero-order valence-corrected chi connectivity index (χ0v) is 17.7. The number of methoxy groups -OCH3 is 1. The van der Waals surface area contributed by atoms with Crippen LogP contribution in [0.3, 0.4) is 0 Å². The summed E-state index contributed by atoms with van der Waals surface area (Å²) in [7, 11) is 1.67. The fourth-order valence-corrected chi connectivity index (χ4v) is 4.38. The maximum absolute atomic E-state index is 6.48. The van der Waals surface area contributed by atoms with E-state index in [1.807, 2.05) is 58.8 Å². The molecule has 1 unspecified atom stereocenters. The molecule has 6 nitrogen and oxygen atoms in total. The number of fused-ring (bicyclic) bond motifs is 1. The Bertz CT molecular complexity index is 1210. The number of halogens is 1. The molecule has 0 saturated heterocycles. The van der Waals surface area contributed by atoms with Crippen molar-refractivity contribution >= 4 is 11.6 Å². The minimum atomic E-state index is 0.156. The third kappa shape index (κ3) is 3.27. The molecule has 1 atom stereocenters. The largest absolute Gasteiger partial charge is 0.495 e. The summed E-state index contributed by atoms with van der Waals surface area (Å²) in [4.78, 5) is 9.23. The van der Waals surface area contributed by atoms with Gasteiger partial charge in [-0.3, -0.25) is 0 Å². The van der Waals surface area contributed by atoms with E-state index in [4.69, 9.17) is 26.4 Å². The number of aryl methyl sites for hydroxylation is 2. The topological polar surface area (TPSA) is 57.8 Å². The first-order valence-electron chi connectivity index (χ1n) is 10.0. The lowest BCUT2D eigenvalue weighted by atomic mass is 9.91. The van der Waals surface area contributed by atoms with Gasteiger partial charge in [-0.05, 0) is 49.6 Å². The predicted molar refractivity (Wildman–Crippen MR) is 116 cm³/mol. The number of aromatic nitrogens is 5. The molecule has 152 valence electrons. The standard InChI is InChI=1S/C23H22ClN5O/c1-15-13-28(14-25-15)20-10-9-16(12-21(20)30-2)22-26-23-18(7-5-11-29(23)27-22)17-6-3-4-8-19(17)24/h3-4,6,8-10,12-14,18H,5,7,11H2,1-2H3. The molecular formula is C23H22ClN5O. The zero-order valence-electron chi connectivity index (χ0n) is 16.9. The Hall–Kier alpha value is -3.12. The summed E-state index contributed by atoms with van der Waals surface area (Å²) in [6.07, 6.45) is 5.83. The first-order valence-corrected chi connectivity index (χ1v) is 10.4. The van der Waals surface area contributed by atoms with E-state index >= 15 is 0 Å². The quantitative estimate of drug-likeness (QED) is 0.465. The predicted octanol–water partition coefficient (Wildman–Crippen LogP) is 5.03. The van der Waals surface area contributed by atoms with Crippen molar-refractivity contribution in [2.45, 2.75) is 32.2 Å². The molecule has 0 N–H and O–H groups in total. The monoisotopic (exact) mass is 419 g/mol. The summed E-state index contributed by atoms with van der Waals surface area (Å²) < 4.78 is 9.63. The maximum atomic E-state index is 6.48. The highest BCUT2D eigenvalue weighted by molar-refractivity contribution is 6.31. The van der Waals surface area contributed by atoms with Crippen LogP contribution < -0.4 is 4.74 Å². The van der Waals surface area contributed by atoms with Gasteiger partial charge in [-0.25, -0.2) is 14.6 Å². The molecule has 0 aliphatic carbocycles. The Morgan fingerprint density at radius 2 is 2.03 bits per heavy atom. The molecule has 1 aliphatic heterocycles. The van der Waals surface area contributed by atoms with Crippen molar-refractivity contribution in [2.75, 3.05) is 7.11 Å². The van der Waals surface area contributed by atoms with Crippen molar-refractivity contribution in [2.24, 2.45) is 0 Å². The molecule has 7 heteroatoms. The first kappa shape index (κ1) is 18.9. The molecule has 0 saturated carbocycles. The molecule has 2 aromatic heterocycles. The Morgan fingerprint density at radius 1 is 1.17 bits per heavy atom. The van der Waals surface area contributed by atoms with Gasteiger partial charge in [0.25, 0.3) is 0 Å². The minimum absolute atomic E-state index is 0.156. The second kappa shape index (κ2) is 7.61. The van der Waals surface area contributed by atoms with E-state index in [0.29, 0.717) is 5.82 Å². The SMILES string of the molecule is COc1cc(-c2nc3n(n2)CCCC3c2ccccc2Cl)ccc1-n1cnc(C)c1. The van der Waals surface area contributed by atoms with Gasteiger partial charge in [0.15, 0.2) is 5.82 Å². The van der Waals surface area contributed by atoms with Gasteiger partial charge in [0.05, 0.1) is 24.8 Å². The van der Waals surface area contributed by atoms with Gasteiger partial charge in [-0.15, -0.1) is 0 Å². The Kier molecular flexibility index (Phi) is 4.79. The molecule has 0 spiro atoms. The number of hydrogen-bond donors (Lipinski definition) is 0. The Labute approximate surface area is 180 Å². The van der Waals surface area contributed by atoms with Crippen LogP contribution in [0.25, 0.3) is 17.1 Å². The Balaban J connectivity index is 1.54. The number of rotatable bonds is 4. The van der Waals surface area contributed by atoms with Crippen LogP contribution in [0.2, 0.25) is 5.02 Å². The van der Waals surface area contributed by atoms with Crippen LogP contribution in [0.5, 0.6) is 5.75 Å². The van der Waals surface area contributed by atoms with Crippen LogP contribution >= 0.6 is 11.6 Å². The van der Waals surface area contributed by atoms with E-state index in [1.54, 1.807) is 13.4 Å². The molecule has 0 bridgehead atoms. The molecule has 3 heterocycles. The molecule has 0 fully saturated rings. The lowest BCUT2D eigenvalue weighted by Gasteiger charge is -2.23. The van der Waals surface area contributed by atoms with Gasteiger partial charge in [0.2, 0.25) is 0 Å². The summed E-state index contributed by atoms with van der Waals surface area (Å²) in [6.45, 7) is 2.83. The third-order valence-electron chi connectivity index (χ3n) is 5.58. The van der Waals surface area contributed by atoms with Crippen LogP contribution in [-0.2, 0) is 6.54 Å². The summed E-state index contributed by atoms with van der Waals surface area (Å²) in [6, 6.07) is 14.0. The number of ether oxygens (including phenoxy) is 1. The third-order valence-corrected chi connectivity index (χ3v) is 5.93. The summed E-state index contributed by atoms with van der Waals surface area (Å²) in [5, 5.41) is 5.58. The lowest BCUT2D eigenvalue weighted by Crippen LogP contribution is -2.18. The van der Waals surface area contributed by atoms with Crippen LogP contribution in [0, 0.1) is 6.92 Å². The van der Waals surface area contributed by atoms with Gasteiger partial charge in [-0.1, -0.05) is 29.8 Å². The van der Waals surface area contributed by atoms with E-state index in [9.17, 15) is 0 Å². The molecular weight excluding hydrogens is 398 g/mol. The number of hydrogen-bond acceptors (Lipinski definition) is 4. The fraction of sp³-hybridized carbons (Fsp3) is 0.261. The number of nitrogens with zero attached hydrogens (tertiary/aromatic N) is 5. The summed E-state index contributed by atoms with van der Waals surface area (Å²) >= 11 is 6.48. The van der Waals surface area contributed by atoms with Crippen molar-refractivity contribution in [3.63, 3.8) is 0 Å². The highest BCUT2D eigenvalue weighted by Crippen LogP contribution is 2.37. The molecule has 0 amide bonds. The zero-order chi connectivity index (χ0) is 20.7. The Morgan fingerprint density at radius 3 is 2.80 bits per heavy atom. The first-order chi connectivity index (χ1) is 14.6. The highest BCUT2D eigenvalue weighted by Gasteiger charge is 2.27. The van der Waals surface area contributed by atoms with Gasteiger partial charge >= 0.3 is 0 Å². The van der Waals surface area contributed by atoms with Gasteiger partial charge in [-0.2, -0.15) is 5.10 Å². The summed E-state index contributed by atoms with van der Waals surface area (Å²) in [5.74, 6) is 2.58. The molecule has 2 aromatic carbocycles. The number of benzene rings is 2. The normalized spacial score (nSPS) is 15.8. The van der Waals surface area contributed by atoms with E-state index in [-0.39, 0.29) is 5.92 Å². The average Bonchev–Trinajstić information content (AvgIpc) is 3.40. The average molecular weight is 420 g/mol. The van der Waals surface area contributed by atoms with Crippen LogP contribution in [0.15, 0.2) is 55.0 Å². The molecule has 5 rings (SSSR count). The van der Waals surface area contributed by atoms with Gasteiger partial charge < -0.3 is 9.30 Å². The van der Waals surface area contributed by atoms with Gasteiger partial charge in [0.1, 0.15) is 11.6 Å². The van der Waals surface area contributed by atoms with E-state index in [1.165, 1.54) is 0 Å².